The molecule has 1 aromatic heterocycles. The van der Waals surface area contributed by atoms with Gasteiger partial charge < -0.3 is 5.32 Å². The van der Waals surface area contributed by atoms with E-state index >= 15 is 0 Å². The number of amides is 1. The molecule has 0 spiro atoms. The van der Waals surface area contributed by atoms with Gasteiger partial charge in [-0.05, 0) is 18.4 Å². The Hall–Kier alpha value is -2.19. The smallest absolute Gasteiger partial charge is 0.254 e. The lowest BCUT2D eigenvalue weighted by Gasteiger charge is -2.15. The molecular formula is C17H22N4O3S. The van der Waals surface area contributed by atoms with Crippen LogP contribution in [0, 0.1) is 0 Å². The Morgan fingerprint density at radius 2 is 1.88 bits per heavy atom. The summed E-state index contributed by atoms with van der Waals surface area (Å²) in [6, 6.07) is 9.83. The maximum Gasteiger partial charge on any atom is 0.254 e. The minimum absolute atomic E-state index is 0.0725. The van der Waals surface area contributed by atoms with Crippen LogP contribution in [0.25, 0.3) is 0 Å². The van der Waals surface area contributed by atoms with Crippen molar-refractivity contribution in [3.05, 3.63) is 53.9 Å². The number of hydrogen-bond donors (Lipinski definition) is 1. The summed E-state index contributed by atoms with van der Waals surface area (Å²) in [4.78, 5) is 12.1. The minimum Gasteiger partial charge on any atom is -0.351 e. The van der Waals surface area contributed by atoms with Crippen LogP contribution < -0.4 is 5.32 Å². The van der Waals surface area contributed by atoms with Gasteiger partial charge in [0.1, 0.15) is 0 Å². The predicted molar refractivity (Wildman–Crippen MR) is 94.7 cm³/mol. The highest BCUT2D eigenvalue weighted by Gasteiger charge is 2.24. The van der Waals surface area contributed by atoms with E-state index in [2.05, 4.69) is 10.4 Å². The van der Waals surface area contributed by atoms with Gasteiger partial charge >= 0.3 is 0 Å². The summed E-state index contributed by atoms with van der Waals surface area (Å²) in [5.74, 6) is -0.382. The lowest BCUT2D eigenvalue weighted by Crippen LogP contribution is -2.36. The van der Waals surface area contributed by atoms with Gasteiger partial charge in [-0.2, -0.15) is 5.10 Å². The van der Waals surface area contributed by atoms with Gasteiger partial charge in [0.25, 0.3) is 5.91 Å². The van der Waals surface area contributed by atoms with Crippen molar-refractivity contribution in [1.82, 2.24) is 19.4 Å². The molecular weight excluding hydrogens is 340 g/mol. The molecule has 1 amide bonds. The topological polar surface area (TPSA) is 84.3 Å². The first kappa shape index (κ1) is 17.6. The summed E-state index contributed by atoms with van der Waals surface area (Å²) in [6.45, 7) is 1.85. The van der Waals surface area contributed by atoms with Crippen LogP contribution in [0.15, 0.2) is 42.7 Å². The van der Waals surface area contributed by atoms with E-state index < -0.39 is 10.0 Å². The van der Waals surface area contributed by atoms with E-state index in [0.29, 0.717) is 25.2 Å². The second-order valence-corrected chi connectivity index (χ2v) is 8.18. The van der Waals surface area contributed by atoms with Gasteiger partial charge in [-0.15, -0.1) is 0 Å². The monoisotopic (exact) mass is 362 g/mol. The standard InChI is InChI=1S/C17H22N4O3S/c22-17(18-8-11-25(23,24)21-9-4-5-10-21)16-12-19-20(14-16)13-15-6-2-1-3-7-15/h1-3,6-7,12,14H,4-5,8-11,13H2,(H,18,22). The fourth-order valence-electron chi connectivity index (χ4n) is 2.83. The van der Waals surface area contributed by atoms with Gasteiger partial charge in [-0.1, -0.05) is 30.3 Å². The molecule has 0 radical (unpaired) electrons. The van der Waals surface area contributed by atoms with Gasteiger partial charge in [-0.3, -0.25) is 9.48 Å². The maximum absolute atomic E-state index is 12.1. The molecule has 8 heteroatoms. The van der Waals surface area contributed by atoms with Crippen LogP contribution in [-0.4, -0.2) is 53.8 Å². The van der Waals surface area contributed by atoms with E-state index in [1.54, 1.807) is 10.9 Å². The van der Waals surface area contributed by atoms with Crippen LogP contribution in [0.2, 0.25) is 0 Å². The zero-order valence-electron chi connectivity index (χ0n) is 14.0. The third-order valence-electron chi connectivity index (χ3n) is 4.19. The number of benzene rings is 1. The first-order valence-corrected chi connectivity index (χ1v) is 9.98. The normalized spacial score (nSPS) is 15.4. The van der Waals surface area contributed by atoms with Crippen molar-refractivity contribution >= 4 is 15.9 Å². The molecule has 25 heavy (non-hydrogen) atoms. The Morgan fingerprint density at radius 1 is 1.16 bits per heavy atom. The first-order valence-electron chi connectivity index (χ1n) is 8.37. The molecule has 7 nitrogen and oxygen atoms in total. The van der Waals surface area contributed by atoms with Gasteiger partial charge in [0.15, 0.2) is 0 Å². The highest BCUT2D eigenvalue weighted by atomic mass is 32.2. The molecule has 2 heterocycles. The third-order valence-corrected chi connectivity index (χ3v) is 6.06. The lowest BCUT2D eigenvalue weighted by atomic mass is 10.2. The molecule has 0 bridgehead atoms. The number of aromatic nitrogens is 2. The van der Waals surface area contributed by atoms with Gasteiger partial charge in [-0.25, -0.2) is 12.7 Å². The molecule has 0 aliphatic carbocycles. The first-order chi connectivity index (χ1) is 12.0. The molecule has 0 saturated carbocycles. The Kier molecular flexibility index (Phi) is 5.50. The molecule has 1 aliphatic heterocycles. The van der Waals surface area contributed by atoms with Crippen molar-refractivity contribution in [2.45, 2.75) is 19.4 Å². The lowest BCUT2D eigenvalue weighted by molar-refractivity contribution is 0.0956. The highest BCUT2D eigenvalue weighted by Crippen LogP contribution is 2.12. The van der Waals surface area contributed by atoms with Crippen LogP contribution in [-0.2, 0) is 16.6 Å². The average molecular weight is 362 g/mol. The molecule has 134 valence electrons. The summed E-state index contributed by atoms with van der Waals surface area (Å²) in [6.07, 6.45) is 4.98. The Balaban J connectivity index is 1.50. The third kappa shape index (κ3) is 4.67. The van der Waals surface area contributed by atoms with Gasteiger partial charge in [0, 0.05) is 25.8 Å². The number of carbonyl (C=O) groups excluding carboxylic acids is 1. The summed E-state index contributed by atoms with van der Waals surface area (Å²) >= 11 is 0. The van der Waals surface area contributed by atoms with Crippen LogP contribution in [0.3, 0.4) is 0 Å². The van der Waals surface area contributed by atoms with Crippen molar-refractivity contribution in [1.29, 1.82) is 0 Å². The Morgan fingerprint density at radius 3 is 2.60 bits per heavy atom. The fourth-order valence-corrected chi connectivity index (χ4v) is 4.26. The summed E-state index contributed by atoms with van der Waals surface area (Å²) in [5.41, 5.74) is 1.52. The summed E-state index contributed by atoms with van der Waals surface area (Å²) in [5, 5.41) is 6.84. The zero-order valence-corrected chi connectivity index (χ0v) is 14.8. The van der Waals surface area contributed by atoms with Crippen LogP contribution in [0.4, 0.5) is 0 Å². The van der Waals surface area contributed by atoms with Gasteiger partial charge in [0.2, 0.25) is 10.0 Å². The predicted octanol–water partition coefficient (Wildman–Crippen LogP) is 1.09. The van der Waals surface area contributed by atoms with E-state index in [4.69, 9.17) is 0 Å². The Bertz CT molecular complexity index is 811. The summed E-state index contributed by atoms with van der Waals surface area (Å²) < 4.78 is 27.4. The number of nitrogens with zero attached hydrogens (tertiary/aromatic N) is 3. The zero-order chi connectivity index (χ0) is 17.7. The SMILES string of the molecule is O=C(NCCS(=O)(=O)N1CCCC1)c1cnn(Cc2ccccc2)c1. The van der Waals surface area contributed by atoms with Crippen molar-refractivity contribution < 1.29 is 13.2 Å². The van der Waals surface area contributed by atoms with E-state index in [0.717, 1.165) is 18.4 Å². The molecule has 3 rings (SSSR count). The second-order valence-electron chi connectivity index (χ2n) is 6.09. The van der Waals surface area contributed by atoms with Crippen molar-refractivity contribution in [3.63, 3.8) is 0 Å². The van der Waals surface area contributed by atoms with E-state index in [1.165, 1.54) is 10.5 Å². The largest absolute Gasteiger partial charge is 0.351 e. The van der Waals surface area contributed by atoms with Crippen molar-refractivity contribution in [3.8, 4) is 0 Å². The number of hydrogen-bond acceptors (Lipinski definition) is 4. The van der Waals surface area contributed by atoms with E-state index in [9.17, 15) is 13.2 Å². The molecule has 1 N–H and O–H groups in total. The van der Waals surface area contributed by atoms with E-state index in [-0.39, 0.29) is 18.2 Å². The number of nitrogens with one attached hydrogen (secondary N) is 1. The van der Waals surface area contributed by atoms with Gasteiger partial charge in [0.05, 0.1) is 24.1 Å². The number of rotatable bonds is 7. The van der Waals surface area contributed by atoms with Crippen LogP contribution in [0.1, 0.15) is 28.8 Å². The van der Waals surface area contributed by atoms with Crippen molar-refractivity contribution in [2.24, 2.45) is 0 Å². The quantitative estimate of drug-likeness (QED) is 0.799. The molecule has 1 aliphatic rings. The van der Waals surface area contributed by atoms with Crippen LogP contribution in [0.5, 0.6) is 0 Å². The maximum atomic E-state index is 12.1. The Labute approximate surface area is 147 Å². The molecule has 1 aromatic carbocycles. The molecule has 0 unspecified atom stereocenters. The molecule has 0 atom stereocenters. The molecule has 2 aromatic rings. The average Bonchev–Trinajstić information content (AvgIpc) is 3.28. The molecule has 1 fully saturated rings. The fraction of sp³-hybridized carbons (Fsp3) is 0.412. The highest BCUT2D eigenvalue weighted by molar-refractivity contribution is 7.89. The number of sulfonamides is 1. The molecule has 1 saturated heterocycles. The van der Waals surface area contributed by atoms with Crippen LogP contribution >= 0.6 is 0 Å². The number of carbonyl (C=O) groups is 1. The minimum atomic E-state index is -3.28. The summed E-state index contributed by atoms with van der Waals surface area (Å²) in [7, 11) is -3.28. The van der Waals surface area contributed by atoms with Crippen molar-refractivity contribution in [2.75, 3.05) is 25.4 Å². The second kappa shape index (κ2) is 7.79. The van der Waals surface area contributed by atoms with E-state index in [1.807, 2.05) is 30.3 Å².